The molecule has 0 amide bonds. The van der Waals surface area contributed by atoms with E-state index >= 15 is 0 Å². The quantitative estimate of drug-likeness (QED) is 0.715. The van der Waals surface area contributed by atoms with E-state index in [0.717, 1.165) is 0 Å². The lowest BCUT2D eigenvalue weighted by Crippen LogP contribution is -2.49. The van der Waals surface area contributed by atoms with E-state index < -0.39 is 10.0 Å². The topological polar surface area (TPSA) is 62.3 Å². The van der Waals surface area contributed by atoms with Crippen LogP contribution in [0.2, 0.25) is 0 Å². The third-order valence-electron chi connectivity index (χ3n) is 2.56. The van der Waals surface area contributed by atoms with Crippen molar-refractivity contribution in [3.05, 3.63) is 42.9 Å². The molecule has 1 aromatic heterocycles. The highest BCUT2D eigenvalue weighted by atomic mass is 32.2. The molecular formula is C10H9N3O2S. The molecule has 3 heterocycles. The first kappa shape index (κ1) is 9.56. The molecule has 16 heavy (non-hydrogen) atoms. The summed E-state index contributed by atoms with van der Waals surface area (Å²) >= 11 is 0. The Labute approximate surface area is 93.2 Å². The molecule has 0 bridgehead atoms. The summed E-state index contributed by atoms with van der Waals surface area (Å²) in [6, 6.07) is 1.70. The highest BCUT2D eigenvalue weighted by Gasteiger charge is 2.33. The van der Waals surface area contributed by atoms with Crippen LogP contribution in [0.1, 0.15) is 0 Å². The summed E-state index contributed by atoms with van der Waals surface area (Å²) in [7, 11) is -3.45. The van der Waals surface area contributed by atoms with E-state index in [9.17, 15) is 8.42 Å². The smallest absolute Gasteiger partial charge is 0.246 e. The number of aromatic nitrogens is 1. The van der Waals surface area contributed by atoms with E-state index in [0.29, 0.717) is 5.69 Å². The maximum atomic E-state index is 11.9. The Kier molecular flexibility index (Phi) is 1.89. The molecule has 0 fully saturated rings. The Bertz CT molecular complexity index is 592. The van der Waals surface area contributed by atoms with Gasteiger partial charge in [-0.3, -0.25) is 4.98 Å². The predicted molar refractivity (Wildman–Crippen MR) is 59.1 cm³/mol. The Hall–Kier alpha value is -1.66. The summed E-state index contributed by atoms with van der Waals surface area (Å²) < 4.78 is 26.4. The van der Waals surface area contributed by atoms with Crippen LogP contribution in [0.3, 0.4) is 0 Å². The fraction of sp³-hybridized carbons (Fsp3) is 0.100. The lowest BCUT2D eigenvalue weighted by atomic mass is 10.2. The van der Waals surface area contributed by atoms with Gasteiger partial charge in [0.15, 0.2) is 0 Å². The van der Waals surface area contributed by atoms with Gasteiger partial charge in [-0.15, -0.1) is 0 Å². The monoisotopic (exact) mass is 235 g/mol. The molecule has 0 aromatic carbocycles. The van der Waals surface area contributed by atoms with Crippen LogP contribution >= 0.6 is 0 Å². The second-order valence-electron chi connectivity index (χ2n) is 3.54. The Morgan fingerprint density at radius 2 is 2.25 bits per heavy atom. The molecule has 2 aliphatic heterocycles. The van der Waals surface area contributed by atoms with E-state index in [1.54, 1.807) is 18.3 Å². The summed E-state index contributed by atoms with van der Waals surface area (Å²) in [5, 5.41) is 0. The van der Waals surface area contributed by atoms with Crippen LogP contribution in [0.4, 0.5) is 5.69 Å². The SMILES string of the molecule is O=S1(=O)NC2C=CC=CN2c2ccncc21. The first-order valence-electron chi connectivity index (χ1n) is 4.78. The normalized spacial score (nSPS) is 25.0. The van der Waals surface area contributed by atoms with E-state index in [4.69, 9.17) is 0 Å². The maximum Gasteiger partial charge on any atom is 0.246 e. The summed E-state index contributed by atoms with van der Waals surface area (Å²) in [5.41, 5.74) is 0.652. The Morgan fingerprint density at radius 1 is 1.38 bits per heavy atom. The molecular weight excluding hydrogens is 226 g/mol. The molecule has 6 heteroatoms. The zero-order valence-corrected chi connectivity index (χ0v) is 9.05. The molecule has 5 nitrogen and oxygen atoms in total. The predicted octanol–water partition coefficient (Wildman–Crippen LogP) is 0.590. The summed E-state index contributed by atoms with van der Waals surface area (Å²) in [4.78, 5) is 5.92. The number of anilines is 1. The van der Waals surface area contributed by atoms with Gasteiger partial charge in [0.25, 0.3) is 0 Å². The van der Waals surface area contributed by atoms with Gasteiger partial charge >= 0.3 is 0 Å². The average molecular weight is 235 g/mol. The average Bonchev–Trinajstić information content (AvgIpc) is 2.29. The summed E-state index contributed by atoms with van der Waals surface area (Å²) in [5.74, 6) is 0. The van der Waals surface area contributed by atoms with Crippen LogP contribution in [0.5, 0.6) is 0 Å². The molecule has 0 aliphatic carbocycles. The second-order valence-corrected chi connectivity index (χ2v) is 5.23. The standard InChI is InChI=1S/C10H9N3O2S/c14-16(15)9-7-11-5-4-8(9)13-6-2-1-3-10(13)12-16/h1-7,10,12H. The Balaban J connectivity index is 2.25. The van der Waals surface area contributed by atoms with E-state index in [-0.39, 0.29) is 11.1 Å². The molecule has 3 rings (SSSR count). The van der Waals surface area contributed by atoms with Gasteiger partial charge in [-0.25, -0.2) is 8.42 Å². The van der Waals surface area contributed by atoms with Crippen LogP contribution in [-0.2, 0) is 10.0 Å². The number of hydrogen-bond donors (Lipinski definition) is 1. The molecule has 1 N–H and O–H groups in total. The van der Waals surface area contributed by atoms with Gasteiger partial charge in [-0.1, -0.05) is 6.08 Å². The van der Waals surface area contributed by atoms with Crippen LogP contribution < -0.4 is 9.62 Å². The van der Waals surface area contributed by atoms with E-state index in [2.05, 4.69) is 9.71 Å². The van der Waals surface area contributed by atoms with Gasteiger partial charge in [0.1, 0.15) is 11.1 Å². The highest BCUT2D eigenvalue weighted by molar-refractivity contribution is 7.89. The molecule has 0 radical (unpaired) electrons. The Morgan fingerprint density at radius 3 is 3.12 bits per heavy atom. The summed E-state index contributed by atoms with van der Waals surface area (Å²) in [6.07, 6.45) is 9.91. The first-order valence-corrected chi connectivity index (χ1v) is 6.26. The third-order valence-corrected chi connectivity index (χ3v) is 4.00. The molecule has 0 saturated carbocycles. The minimum atomic E-state index is -3.45. The molecule has 1 atom stereocenters. The van der Waals surface area contributed by atoms with Crippen LogP contribution in [0.15, 0.2) is 47.8 Å². The highest BCUT2D eigenvalue weighted by Crippen LogP contribution is 2.31. The molecule has 0 saturated heterocycles. The number of fused-ring (bicyclic) bond motifs is 3. The molecule has 2 aliphatic rings. The third kappa shape index (κ3) is 1.27. The number of nitrogens with zero attached hydrogens (tertiary/aromatic N) is 2. The minimum absolute atomic E-state index is 0.214. The molecule has 82 valence electrons. The molecule has 1 unspecified atom stereocenters. The second kappa shape index (κ2) is 3.16. The van der Waals surface area contributed by atoms with Crippen molar-refractivity contribution in [3.8, 4) is 0 Å². The van der Waals surface area contributed by atoms with Crippen molar-refractivity contribution in [1.82, 2.24) is 9.71 Å². The van der Waals surface area contributed by atoms with Gasteiger partial charge in [-0.2, -0.15) is 4.72 Å². The lowest BCUT2D eigenvalue weighted by Gasteiger charge is -2.35. The molecule has 0 spiro atoms. The molecule has 1 aromatic rings. The van der Waals surface area contributed by atoms with Crippen molar-refractivity contribution in [1.29, 1.82) is 0 Å². The summed E-state index contributed by atoms with van der Waals surface area (Å²) in [6.45, 7) is 0. The minimum Gasteiger partial charge on any atom is -0.326 e. The van der Waals surface area contributed by atoms with Gasteiger partial charge in [0.05, 0.1) is 5.69 Å². The van der Waals surface area contributed by atoms with Crippen molar-refractivity contribution in [3.63, 3.8) is 0 Å². The van der Waals surface area contributed by atoms with Crippen molar-refractivity contribution in [2.45, 2.75) is 11.1 Å². The zero-order chi connectivity index (χ0) is 11.2. The number of hydrogen-bond acceptors (Lipinski definition) is 4. The van der Waals surface area contributed by atoms with Gasteiger partial charge in [0.2, 0.25) is 10.0 Å². The zero-order valence-electron chi connectivity index (χ0n) is 8.24. The van der Waals surface area contributed by atoms with Crippen LogP contribution in [-0.4, -0.2) is 19.6 Å². The van der Waals surface area contributed by atoms with Crippen LogP contribution in [0, 0.1) is 0 Å². The maximum absolute atomic E-state index is 11.9. The fourth-order valence-electron chi connectivity index (χ4n) is 1.84. The lowest BCUT2D eigenvalue weighted by molar-refractivity contribution is 0.560. The van der Waals surface area contributed by atoms with Crippen molar-refractivity contribution in [2.24, 2.45) is 0 Å². The van der Waals surface area contributed by atoms with E-state index in [1.807, 2.05) is 23.3 Å². The number of pyridine rings is 1. The van der Waals surface area contributed by atoms with Crippen molar-refractivity contribution >= 4 is 15.7 Å². The van der Waals surface area contributed by atoms with Gasteiger partial charge in [-0.05, 0) is 18.2 Å². The van der Waals surface area contributed by atoms with Gasteiger partial charge < -0.3 is 4.90 Å². The largest absolute Gasteiger partial charge is 0.326 e. The number of sulfonamides is 1. The van der Waals surface area contributed by atoms with Crippen molar-refractivity contribution in [2.75, 3.05) is 4.90 Å². The van der Waals surface area contributed by atoms with Crippen molar-refractivity contribution < 1.29 is 8.42 Å². The van der Waals surface area contributed by atoms with E-state index in [1.165, 1.54) is 6.20 Å². The van der Waals surface area contributed by atoms with Crippen LogP contribution in [0.25, 0.3) is 0 Å². The number of nitrogens with one attached hydrogen (secondary N) is 1. The number of allylic oxidation sites excluding steroid dienone is 2. The first-order chi connectivity index (χ1) is 7.68. The number of rotatable bonds is 0. The fourth-order valence-corrected chi connectivity index (χ4v) is 3.12. The van der Waals surface area contributed by atoms with Gasteiger partial charge in [0, 0.05) is 18.6 Å².